The molecule has 0 radical (unpaired) electrons. The van der Waals surface area contributed by atoms with Crippen molar-refractivity contribution in [2.24, 2.45) is 5.73 Å². The quantitative estimate of drug-likeness (QED) is 0.789. The maximum Gasteiger partial charge on any atom is 0.248 e. The standard InChI is InChI=1S/C8H6INO3/c9-5-1-4(8(10)11)2-6-7(5)13-3-12-6/h1-2H,3H2,(H2,10,11). The lowest BCUT2D eigenvalue weighted by atomic mass is 10.2. The van der Waals surface area contributed by atoms with Gasteiger partial charge in [-0.05, 0) is 34.7 Å². The fourth-order valence-electron chi connectivity index (χ4n) is 1.11. The number of nitrogens with two attached hydrogens (primary N) is 1. The average molecular weight is 291 g/mol. The molecule has 0 fully saturated rings. The number of ether oxygens (including phenoxy) is 2. The third-order valence-corrected chi connectivity index (χ3v) is 2.51. The van der Waals surface area contributed by atoms with E-state index in [-0.39, 0.29) is 6.79 Å². The molecule has 2 rings (SSSR count). The Hall–Kier alpha value is -0.980. The van der Waals surface area contributed by atoms with Gasteiger partial charge in [0.1, 0.15) is 0 Å². The molecule has 1 aromatic rings. The SMILES string of the molecule is NC(=O)c1cc(I)c2c(c1)OCO2. The Morgan fingerprint density at radius 3 is 2.92 bits per heavy atom. The maximum absolute atomic E-state index is 10.9. The van der Waals surface area contributed by atoms with Crippen LogP contribution in [0.15, 0.2) is 12.1 Å². The smallest absolute Gasteiger partial charge is 0.248 e. The van der Waals surface area contributed by atoms with Crippen LogP contribution in [-0.4, -0.2) is 12.7 Å². The van der Waals surface area contributed by atoms with Gasteiger partial charge in [-0.2, -0.15) is 0 Å². The number of rotatable bonds is 1. The van der Waals surface area contributed by atoms with Crippen molar-refractivity contribution >= 4 is 28.5 Å². The normalized spacial score (nSPS) is 13.0. The lowest BCUT2D eigenvalue weighted by Crippen LogP contribution is -2.10. The molecular formula is C8H6INO3. The van der Waals surface area contributed by atoms with E-state index >= 15 is 0 Å². The Kier molecular flexibility index (Phi) is 2.03. The second-order valence-corrected chi connectivity index (χ2v) is 3.72. The Bertz CT molecular complexity index is 378. The van der Waals surface area contributed by atoms with Crippen LogP contribution >= 0.6 is 22.6 Å². The average Bonchev–Trinajstić information content (AvgIpc) is 2.51. The van der Waals surface area contributed by atoms with Gasteiger partial charge in [-0.1, -0.05) is 0 Å². The van der Waals surface area contributed by atoms with Crippen LogP contribution in [0, 0.1) is 3.57 Å². The Morgan fingerprint density at radius 2 is 2.23 bits per heavy atom. The van der Waals surface area contributed by atoms with Crippen molar-refractivity contribution in [1.29, 1.82) is 0 Å². The van der Waals surface area contributed by atoms with Gasteiger partial charge in [0.25, 0.3) is 0 Å². The number of carbonyl (C=O) groups is 1. The second-order valence-electron chi connectivity index (χ2n) is 2.56. The molecule has 0 aromatic heterocycles. The van der Waals surface area contributed by atoms with Crippen molar-refractivity contribution in [1.82, 2.24) is 0 Å². The van der Waals surface area contributed by atoms with E-state index in [4.69, 9.17) is 15.2 Å². The first kappa shape index (κ1) is 8.61. The van der Waals surface area contributed by atoms with E-state index in [1.165, 1.54) is 0 Å². The molecule has 0 unspecified atom stereocenters. The molecule has 0 saturated heterocycles. The number of amides is 1. The van der Waals surface area contributed by atoms with Gasteiger partial charge in [-0.3, -0.25) is 4.79 Å². The first-order valence-corrected chi connectivity index (χ1v) is 4.65. The third kappa shape index (κ3) is 1.43. The number of hydrogen-bond donors (Lipinski definition) is 1. The number of hydrogen-bond acceptors (Lipinski definition) is 3. The number of primary amides is 1. The summed E-state index contributed by atoms with van der Waals surface area (Å²) in [6, 6.07) is 3.27. The van der Waals surface area contributed by atoms with Crippen LogP contribution in [0.3, 0.4) is 0 Å². The lowest BCUT2D eigenvalue weighted by molar-refractivity contribution is 0.1000. The summed E-state index contributed by atoms with van der Waals surface area (Å²) in [5.41, 5.74) is 5.58. The van der Waals surface area contributed by atoms with E-state index in [2.05, 4.69) is 22.6 Å². The van der Waals surface area contributed by atoms with Crippen molar-refractivity contribution in [3.63, 3.8) is 0 Å². The van der Waals surface area contributed by atoms with Crippen LogP contribution in [-0.2, 0) is 0 Å². The van der Waals surface area contributed by atoms with Crippen molar-refractivity contribution in [3.05, 3.63) is 21.3 Å². The van der Waals surface area contributed by atoms with Gasteiger partial charge >= 0.3 is 0 Å². The highest BCUT2D eigenvalue weighted by Crippen LogP contribution is 2.37. The summed E-state index contributed by atoms with van der Waals surface area (Å²) in [6.45, 7) is 0.202. The zero-order valence-electron chi connectivity index (χ0n) is 6.54. The van der Waals surface area contributed by atoms with Gasteiger partial charge in [0.05, 0.1) is 3.57 Å². The molecule has 4 nitrogen and oxygen atoms in total. The summed E-state index contributed by atoms with van der Waals surface area (Å²) >= 11 is 2.07. The number of fused-ring (bicyclic) bond motifs is 1. The molecule has 0 spiro atoms. The molecule has 2 N–H and O–H groups in total. The molecule has 0 bridgehead atoms. The minimum Gasteiger partial charge on any atom is -0.454 e. The Labute approximate surface area is 88.1 Å². The third-order valence-electron chi connectivity index (χ3n) is 1.71. The molecular weight excluding hydrogens is 285 g/mol. The largest absolute Gasteiger partial charge is 0.454 e. The number of halogens is 1. The van der Waals surface area contributed by atoms with E-state index in [9.17, 15) is 4.79 Å². The summed E-state index contributed by atoms with van der Waals surface area (Å²) in [6.07, 6.45) is 0. The van der Waals surface area contributed by atoms with Gasteiger partial charge in [0.2, 0.25) is 12.7 Å². The molecule has 5 heteroatoms. The minimum atomic E-state index is -0.462. The van der Waals surface area contributed by atoms with E-state index in [0.29, 0.717) is 17.1 Å². The summed E-state index contributed by atoms with van der Waals surface area (Å²) < 4.78 is 11.2. The monoisotopic (exact) mass is 291 g/mol. The lowest BCUT2D eigenvalue weighted by Gasteiger charge is -2.01. The zero-order valence-corrected chi connectivity index (χ0v) is 8.70. The zero-order chi connectivity index (χ0) is 9.42. The Balaban J connectivity index is 2.55. The van der Waals surface area contributed by atoms with Crippen molar-refractivity contribution in [3.8, 4) is 11.5 Å². The van der Waals surface area contributed by atoms with Crippen LogP contribution in [0.1, 0.15) is 10.4 Å². The topological polar surface area (TPSA) is 61.6 Å². The van der Waals surface area contributed by atoms with Crippen molar-refractivity contribution in [2.45, 2.75) is 0 Å². The molecule has 1 aliphatic rings. The molecule has 1 aromatic carbocycles. The molecule has 1 heterocycles. The van der Waals surface area contributed by atoms with Crippen LogP contribution in [0.25, 0.3) is 0 Å². The molecule has 0 aliphatic carbocycles. The predicted octanol–water partition coefficient (Wildman–Crippen LogP) is 1.12. The number of carbonyl (C=O) groups excluding carboxylic acids is 1. The number of benzene rings is 1. The van der Waals surface area contributed by atoms with Crippen molar-refractivity contribution < 1.29 is 14.3 Å². The Morgan fingerprint density at radius 1 is 1.46 bits per heavy atom. The highest BCUT2D eigenvalue weighted by atomic mass is 127. The van der Waals surface area contributed by atoms with E-state index in [1.807, 2.05) is 0 Å². The van der Waals surface area contributed by atoms with Gasteiger partial charge in [0.15, 0.2) is 11.5 Å². The summed E-state index contributed by atoms with van der Waals surface area (Å²) in [7, 11) is 0. The first-order chi connectivity index (χ1) is 6.18. The molecule has 68 valence electrons. The highest BCUT2D eigenvalue weighted by molar-refractivity contribution is 14.1. The van der Waals surface area contributed by atoms with E-state index in [1.54, 1.807) is 12.1 Å². The van der Waals surface area contributed by atoms with Crippen molar-refractivity contribution in [2.75, 3.05) is 6.79 Å². The van der Waals surface area contributed by atoms with Crippen LogP contribution in [0.5, 0.6) is 11.5 Å². The predicted molar refractivity (Wildman–Crippen MR) is 53.8 cm³/mol. The maximum atomic E-state index is 10.9. The minimum absolute atomic E-state index is 0.202. The fraction of sp³-hybridized carbons (Fsp3) is 0.125. The van der Waals surface area contributed by atoms with Crippen LogP contribution < -0.4 is 15.2 Å². The van der Waals surface area contributed by atoms with Gasteiger partial charge in [-0.15, -0.1) is 0 Å². The highest BCUT2D eigenvalue weighted by Gasteiger charge is 2.19. The van der Waals surface area contributed by atoms with Crippen LogP contribution in [0.2, 0.25) is 0 Å². The van der Waals surface area contributed by atoms with E-state index < -0.39 is 5.91 Å². The van der Waals surface area contributed by atoms with Crippen LogP contribution in [0.4, 0.5) is 0 Å². The molecule has 0 atom stereocenters. The summed E-state index contributed by atoms with van der Waals surface area (Å²) in [5, 5.41) is 0. The van der Waals surface area contributed by atoms with E-state index in [0.717, 1.165) is 3.57 Å². The van der Waals surface area contributed by atoms with Gasteiger partial charge < -0.3 is 15.2 Å². The van der Waals surface area contributed by atoms with Gasteiger partial charge in [-0.25, -0.2) is 0 Å². The fourth-order valence-corrected chi connectivity index (χ4v) is 1.87. The first-order valence-electron chi connectivity index (χ1n) is 3.57. The summed E-state index contributed by atoms with van der Waals surface area (Å²) in [4.78, 5) is 10.9. The molecule has 13 heavy (non-hydrogen) atoms. The molecule has 1 aliphatic heterocycles. The molecule has 1 amide bonds. The van der Waals surface area contributed by atoms with Gasteiger partial charge in [0, 0.05) is 5.56 Å². The second kappa shape index (κ2) is 3.06. The summed E-state index contributed by atoms with van der Waals surface area (Å²) in [5.74, 6) is 0.808. The molecule has 0 saturated carbocycles.